The lowest BCUT2D eigenvalue weighted by molar-refractivity contribution is 0.304. The van der Waals surface area contributed by atoms with Crippen LogP contribution >= 0.6 is 11.6 Å². The lowest BCUT2D eigenvalue weighted by Gasteiger charge is -2.34. The van der Waals surface area contributed by atoms with Gasteiger partial charge in [-0.25, -0.2) is 8.78 Å². The van der Waals surface area contributed by atoms with Gasteiger partial charge in [-0.05, 0) is 56.1 Å². The quantitative estimate of drug-likeness (QED) is 0.314. The number of ether oxygens (including phenoxy) is 2. The lowest BCUT2D eigenvalue weighted by Crippen LogP contribution is -2.51. The van der Waals surface area contributed by atoms with Gasteiger partial charge in [-0.2, -0.15) is 9.97 Å². The maximum atomic E-state index is 16.6. The zero-order valence-corrected chi connectivity index (χ0v) is 23.6. The molecular formula is C31H30ClF2N5O2. The number of benzene rings is 3. The Morgan fingerprint density at radius 2 is 1.76 bits per heavy atom. The highest BCUT2D eigenvalue weighted by molar-refractivity contribution is 6.34. The Morgan fingerprint density at radius 3 is 2.54 bits per heavy atom. The van der Waals surface area contributed by atoms with Crippen molar-refractivity contribution in [3.05, 3.63) is 70.2 Å². The molecule has 2 bridgehead atoms. The van der Waals surface area contributed by atoms with Crippen LogP contribution in [0.2, 0.25) is 5.02 Å². The van der Waals surface area contributed by atoms with Crippen molar-refractivity contribution in [1.82, 2.24) is 20.2 Å². The number of halogens is 3. The van der Waals surface area contributed by atoms with Crippen LogP contribution in [0.3, 0.4) is 0 Å². The van der Waals surface area contributed by atoms with E-state index in [-0.39, 0.29) is 33.4 Å². The Hall–Kier alpha value is -3.53. The first-order valence-electron chi connectivity index (χ1n) is 13.9. The average Bonchev–Trinajstić information content (AvgIpc) is 3.31. The predicted molar refractivity (Wildman–Crippen MR) is 155 cm³/mol. The van der Waals surface area contributed by atoms with E-state index in [2.05, 4.69) is 33.2 Å². The first-order chi connectivity index (χ1) is 19.9. The van der Waals surface area contributed by atoms with Crippen LogP contribution in [0.1, 0.15) is 24.0 Å². The number of fused-ring (bicyclic) bond motifs is 4. The summed E-state index contributed by atoms with van der Waals surface area (Å²) in [5, 5.41) is 4.13. The number of piperazine rings is 1. The van der Waals surface area contributed by atoms with E-state index in [1.807, 2.05) is 12.1 Å². The smallest absolute Gasteiger partial charge is 0.324 e. The number of methoxy groups -OCH3 is 1. The topological polar surface area (TPSA) is 62.8 Å². The zero-order chi connectivity index (χ0) is 28.2. The van der Waals surface area contributed by atoms with Crippen molar-refractivity contribution in [1.29, 1.82) is 0 Å². The van der Waals surface area contributed by atoms with E-state index >= 15 is 8.78 Å². The predicted octanol–water partition coefficient (Wildman–Crippen LogP) is 5.96. The minimum atomic E-state index is -0.752. The molecule has 0 radical (unpaired) electrons. The van der Waals surface area contributed by atoms with Crippen molar-refractivity contribution in [2.75, 3.05) is 38.7 Å². The van der Waals surface area contributed by atoms with Gasteiger partial charge in [-0.1, -0.05) is 29.8 Å². The van der Waals surface area contributed by atoms with Gasteiger partial charge in [0, 0.05) is 54.8 Å². The van der Waals surface area contributed by atoms with Gasteiger partial charge in [-0.3, -0.25) is 0 Å². The molecule has 7 rings (SSSR count). The minimum absolute atomic E-state index is 0.0162. The molecule has 3 aliphatic rings. The van der Waals surface area contributed by atoms with Gasteiger partial charge in [0.05, 0.1) is 17.7 Å². The first kappa shape index (κ1) is 26.4. The maximum Gasteiger partial charge on any atom is 0.324 e. The number of nitrogens with zero attached hydrogens (tertiary/aromatic N) is 4. The van der Waals surface area contributed by atoms with Crippen LogP contribution in [0.25, 0.3) is 22.0 Å². The van der Waals surface area contributed by atoms with Crippen LogP contribution in [-0.4, -0.2) is 60.7 Å². The second-order valence-corrected chi connectivity index (χ2v) is 11.5. The number of nitrogens with one attached hydrogen (secondary N) is 1. The average molecular weight is 578 g/mol. The van der Waals surface area contributed by atoms with Crippen molar-refractivity contribution in [2.24, 2.45) is 0 Å². The molecule has 7 nitrogen and oxygen atoms in total. The molecule has 0 spiro atoms. The molecule has 2 atom stereocenters. The molecule has 0 aliphatic carbocycles. The fourth-order valence-electron chi connectivity index (χ4n) is 6.44. The third-order valence-corrected chi connectivity index (χ3v) is 8.72. The Bertz CT molecular complexity index is 1660. The normalized spacial score (nSPS) is 20.4. The van der Waals surface area contributed by atoms with Crippen LogP contribution in [0.5, 0.6) is 17.5 Å². The SMILES string of the molecule is COc1cccc(F)c1-c1c(Cl)cc2c(N3C[C@H]4CC[C@@H](C3)N4)nc(Oc3cccc4c3CN(C)CC4)nc2c1F. The van der Waals surface area contributed by atoms with Crippen LogP contribution in [0, 0.1) is 11.6 Å². The fourth-order valence-corrected chi connectivity index (χ4v) is 6.73. The molecule has 0 saturated carbocycles. The summed E-state index contributed by atoms with van der Waals surface area (Å²) in [6.45, 7) is 3.13. The number of aromatic nitrogens is 2. The highest BCUT2D eigenvalue weighted by atomic mass is 35.5. The van der Waals surface area contributed by atoms with E-state index in [9.17, 15) is 0 Å². The minimum Gasteiger partial charge on any atom is -0.496 e. The number of rotatable bonds is 5. The molecule has 4 aromatic rings. The number of hydrogen-bond acceptors (Lipinski definition) is 7. The van der Waals surface area contributed by atoms with E-state index in [1.165, 1.54) is 24.8 Å². The fraction of sp³-hybridized carbons (Fsp3) is 0.355. The Kier molecular flexibility index (Phi) is 6.68. The molecule has 10 heteroatoms. The van der Waals surface area contributed by atoms with Crippen LogP contribution in [-0.2, 0) is 13.0 Å². The molecule has 41 heavy (non-hydrogen) atoms. The Balaban J connectivity index is 1.42. The molecule has 4 heterocycles. The van der Waals surface area contributed by atoms with Crippen molar-refractivity contribution in [3.8, 4) is 28.6 Å². The van der Waals surface area contributed by atoms with E-state index in [0.29, 0.717) is 29.0 Å². The van der Waals surface area contributed by atoms with Gasteiger partial charge >= 0.3 is 6.01 Å². The van der Waals surface area contributed by atoms with Gasteiger partial charge in [0.15, 0.2) is 5.82 Å². The standard InChI is InChI=1S/C31H30ClF2N5O2/c1-38-12-11-17-5-3-7-24(21(17)16-38)41-31-36-29-20(30(37-31)39-14-18-9-10-19(15-39)35-18)13-22(32)26(28(29)34)27-23(33)6-4-8-25(27)40-2/h3-8,13,18-19,35H,9-12,14-16H2,1-2H3/t18-,19+. The summed E-state index contributed by atoms with van der Waals surface area (Å²) in [7, 11) is 3.48. The highest BCUT2D eigenvalue weighted by Gasteiger charge is 2.35. The van der Waals surface area contributed by atoms with Crippen LogP contribution < -0.4 is 19.7 Å². The van der Waals surface area contributed by atoms with Gasteiger partial charge in [0.2, 0.25) is 0 Å². The monoisotopic (exact) mass is 577 g/mol. The van der Waals surface area contributed by atoms with Crippen LogP contribution in [0.15, 0.2) is 42.5 Å². The first-order valence-corrected chi connectivity index (χ1v) is 14.3. The highest BCUT2D eigenvalue weighted by Crippen LogP contribution is 2.44. The number of likely N-dealkylation sites (N-methyl/N-ethyl adjacent to an activating group) is 1. The molecule has 0 unspecified atom stereocenters. The molecular weight excluding hydrogens is 548 g/mol. The summed E-state index contributed by atoms with van der Waals surface area (Å²) in [6.07, 6.45) is 3.06. The summed E-state index contributed by atoms with van der Waals surface area (Å²) in [5.41, 5.74) is 2.14. The molecule has 3 aliphatic heterocycles. The van der Waals surface area contributed by atoms with Gasteiger partial charge < -0.3 is 24.6 Å². The number of hydrogen-bond donors (Lipinski definition) is 1. The van der Waals surface area contributed by atoms with Gasteiger partial charge in [0.25, 0.3) is 0 Å². The van der Waals surface area contributed by atoms with E-state index in [1.54, 1.807) is 12.1 Å². The summed E-state index contributed by atoms with van der Waals surface area (Å²) in [5.74, 6) is -0.0239. The van der Waals surface area contributed by atoms with Gasteiger partial charge in [0.1, 0.15) is 28.7 Å². The molecule has 2 saturated heterocycles. The molecule has 1 aromatic heterocycles. The Labute approximate surface area is 242 Å². The second-order valence-electron chi connectivity index (χ2n) is 11.1. The van der Waals surface area contributed by atoms with E-state index in [0.717, 1.165) is 51.0 Å². The summed E-state index contributed by atoms with van der Waals surface area (Å²) in [6, 6.07) is 12.6. The molecule has 0 amide bonds. The third-order valence-electron chi connectivity index (χ3n) is 8.43. The van der Waals surface area contributed by atoms with Crippen molar-refractivity contribution in [2.45, 2.75) is 37.9 Å². The summed E-state index contributed by atoms with van der Waals surface area (Å²) in [4.78, 5) is 13.8. The molecule has 2 fully saturated rings. The van der Waals surface area contributed by atoms with E-state index in [4.69, 9.17) is 26.1 Å². The van der Waals surface area contributed by atoms with Crippen molar-refractivity contribution in [3.63, 3.8) is 0 Å². The molecule has 212 valence electrons. The largest absolute Gasteiger partial charge is 0.496 e. The van der Waals surface area contributed by atoms with Crippen LogP contribution in [0.4, 0.5) is 14.6 Å². The number of anilines is 1. The molecule has 1 N–H and O–H groups in total. The maximum absolute atomic E-state index is 16.6. The lowest BCUT2D eigenvalue weighted by atomic mass is 9.99. The van der Waals surface area contributed by atoms with Crippen molar-refractivity contribution < 1.29 is 18.3 Å². The second kappa shape index (κ2) is 10.4. The van der Waals surface area contributed by atoms with Crippen molar-refractivity contribution >= 4 is 28.3 Å². The third kappa shape index (κ3) is 4.66. The zero-order valence-electron chi connectivity index (χ0n) is 22.9. The summed E-state index contributed by atoms with van der Waals surface area (Å²) >= 11 is 6.70. The Morgan fingerprint density at radius 1 is 1.00 bits per heavy atom. The molecule has 3 aromatic carbocycles. The van der Waals surface area contributed by atoms with Gasteiger partial charge in [-0.15, -0.1) is 0 Å². The summed E-state index contributed by atoms with van der Waals surface area (Å²) < 4.78 is 43.4. The van der Waals surface area contributed by atoms with E-state index < -0.39 is 11.6 Å².